The van der Waals surface area contributed by atoms with Gasteiger partial charge in [-0.15, -0.1) is 0 Å². The van der Waals surface area contributed by atoms with Gasteiger partial charge in [-0.1, -0.05) is 42.5 Å². The van der Waals surface area contributed by atoms with Crippen molar-refractivity contribution in [2.75, 3.05) is 13.7 Å². The molecule has 0 aliphatic heterocycles. The van der Waals surface area contributed by atoms with E-state index in [0.717, 1.165) is 5.56 Å². The molecule has 108 valence electrons. The van der Waals surface area contributed by atoms with Gasteiger partial charge in [0.2, 0.25) is 5.91 Å². The molecule has 0 saturated heterocycles. The molecule has 1 aromatic carbocycles. The smallest absolute Gasteiger partial charge is 0.315 e. The van der Waals surface area contributed by atoms with Crippen LogP contribution in [0, 0.1) is 0 Å². The molecule has 0 aliphatic rings. The Balaban J connectivity index is 2.88. The Kier molecular flexibility index (Phi) is 6.50. The topological polar surface area (TPSA) is 46.6 Å². The molecule has 20 heavy (non-hydrogen) atoms. The van der Waals surface area contributed by atoms with E-state index < -0.39 is 5.97 Å². The first-order valence-corrected chi connectivity index (χ1v) is 6.62. The molecule has 0 heterocycles. The van der Waals surface area contributed by atoms with Gasteiger partial charge < -0.3 is 9.64 Å². The van der Waals surface area contributed by atoms with Gasteiger partial charge in [-0.05, 0) is 19.4 Å². The Labute approximate surface area is 120 Å². The summed E-state index contributed by atoms with van der Waals surface area (Å²) in [6.07, 6.45) is 3.55. The summed E-state index contributed by atoms with van der Waals surface area (Å²) in [5.74, 6) is -0.743. The second kappa shape index (κ2) is 8.15. The lowest BCUT2D eigenvalue weighted by Gasteiger charge is -2.28. The van der Waals surface area contributed by atoms with Crippen molar-refractivity contribution in [3.8, 4) is 0 Å². The summed E-state index contributed by atoms with van der Waals surface area (Å²) in [5, 5.41) is 0. The number of benzene rings is 1. The van der Waals surface area contributed by atoms with E-state index in [-0.39, 0.29) is 18.4 Å². The molecule has 1 unspecified atom stereocenters. The van der Waals surface area contributed by atoms with Crippen molar-refractivity contribution in [3.63, 3.8) is 0 Å². The van der Waals surface area contributed by atoms with E-state index in [4.69, 9.17) is 0 Å². The minimum atomic E-state index is -0.513. The van der Waals surface area contributed by atoms with Crippen molar-refractivity contribution < 1.29 is 14.3 Å². The van der Waals surface area contributed by atoms with Crippen molar-refractivity contribution in [1.29, 1.82) is 0 Å². The van der Waals surface area contributed by atoms with Crippen molar-refractivity contribution in [2.24, 2.45) is 0 Å². The molecule has 0 aliphatic carbocycles. The highest BCUT2D eigenvalue weighted by molar-refractivity contribution is 5.94. The summed E-state index contributed by atoms with van der Waals surface area (Å²) in [6.45, 7) is 4.33. The highest BCUT2D eigenvalue weighted by atomic mass is 16.5. The van der Waals surface area contributed by atoms with E-state index in [1.807, 2.05) is 56.3 Å². The molecule has 1 amide bonds. The molecule has 1 atom stereocenters. The van der Waals surface area contributed by atoms with Gasteiger partial charge in [0.15, 0.2) is 0 Å². The number of nitrogens with zero attached hydrogens (tertiary/aromatic N) is 1. The molecule has 0 fully saturated rings. The van der Waals surface area contributed by atoms with E-state index in [1.165, 1.54) is 7.11 Å². The molecule has 0 spiro atoms. The quantitative estimate of drug-likeness (QED) is 0.455. The number of ether oxygens (including phenoxy) is 1. The van der Waals surface area contributed by atoms with Gasteiger partial charge in [-0.25, -0.2) is 0 Å². The third kappa shape index (κ3) is 4.53. The van der Waals surface area contributed by atoms with Crippen LogP contribution < -0.4 is 0 Å². The Morgan fingerprint density at radius 1 is 1.30 bits per heavy atom. The van der Waals surface area contributed by atoms with E-state index in [9.17, 15) is 9.59 Å². The van der Waals surface area contributed by atoms with Crippen LogP contribution in [0.25, 0.3) is 0 Å². The molecular formula is C16H21NO3. The summed E-state index contributed by atoms with van der Waals surface area (Å²) in [5.41, 5.74) is 1.04. The lowest BCUT2D eigenvalue weighted by molar-refractivity contribution is -0.147. The molecule has 0 aromatic heterocycles. The van der Waals surface area contributed by atoms with Crippen molar-refractivity contribution >= 4 is 11.9 Å². The average Bonchev–Trinajstić information content (AvgIpc) is 2.48. The maximum Gasteiger partial charge on any atom is 0.315 e. The fourth-order valence-electron chi connectivity index (χ4n) is 1.90. The maximum atomic E-state index is 12.2. The predicted molar refractivity (Wildman–Crippen MR) is 78.0 cm³/mol. The fourth-order valence-corrected chi connectivity index (χ4v) is 1.90. The molecule has 1 rings (SSSR count). The van der Waals surface area contributed by atoms with Gasteiger partial charge in [0, 0.05) is 6.54 Å². The number of hydrogen-bond acceptors (Lipinski definition) is 3. The zero-order valence-corrected chi connectivity index (χ0v) is 12.2. The largest absolute Gasteiger partial charge is 0.469 e. The van der Waals surface area contributed by atoms with Crippen LogP contribution >= 0.6 is 0 Å². The Bertz CT molecular complexity index is 468. The molecule has 0 bridgehead atoms. The number of carbonyl (C=O) groups is 2. The summed E-state index contributed by atoms with van der Waals surface area (Å²) in [7, 11) is 1.28. The number of esters is 1. The third-order valence-electron chi connectivity index (χ3n) is 3.13. The maximum absolute atomic E-state index is 12.2. The highest BCUT2D eigenvalue weighted by Crippen LogP contribution is 2.20. The number of allylic oxidation sites excluding steroid dienone is 1. The minimum absolute atomic E-state index is 0.0930. The van der Waals surface area contributed by atoms with Crippen molar-refractivity contribution in [2.45, 2.75) is 26.3 Å². The van der Waals surface area contributed by atoms with Gasteiger partial charge in [-0.2, -0.15) is 0 Å². The van der Waals surface area contributed by atoms with Crippen LogP contribution in [0.3, 0.4) is 0 Å². The van der Waals surface area contributed by atoms with Crippen LogP contribution in [-0.2, 0) is 14.3 Å². The molecule has 0 saturated carbocycles. The summed E-state index contributed by atoms with van der Waals surface area (Å²) in [4.78, 5) is 25.2. The van der Waals surface area contributed by atoms with Crippen molar-refractivity contribution in [1.82, 2.24) is 4.90 Å². The van der Waals surface area contributed by atoms with Crippen LogP contribution in [0.1, 0.15) is 31.9 Å². The van der Waals surface area contributed by atoms with Crippen LogP contribution in [-0.4, -0.2) is 30.4 Å². The normalized spacial score (nSPS) is 12.2. The summed E-state index contributed by atoms with van der Waals surface area (Å²) in [6, 6.07) is 9.65. The van der Waals surface area contributed by atoms with Gasteiger partial charge >= 0.3 is 5.97 Å². The van der Waals surface area contributed by atoms with E-state index in [1.54, 1.807) is 4.90 Å². The van der Waals surface area contributed by atoms with E-state index in [2.05, 4.69) is 4.74 Å². The number of hydrogen-bond donors (Lipinski definition) is 0. The van der Waals surface area contributed by atoms with Gasteiger partial charge in [0.05, 0.1) is 13.2 Å². The number of methoxy groups -OCH3 is 1. The first-order chi connectivity index (χ1) is 9.60. The Morgan fingerprint density at radius 2 is 1.95 bits per heavy atom. The van der Waals surface area contributed by atoms with E-state index in [0.29, 0.717) is 6.54 Å². The third-order valence-corrected chi connectivity index (χ3v) is 3.13. The molecule has 0 radical (unpaired) electrons. The fraction of sp³-hybridized carbons (Fsp3) is 0.375. The van der Waals surface area contributed by atoms with Crippen LogP contribution in [0.2, 0.25) is 0 Å². The van der Waals surface area contributed by atoms with Gasteiger partial charge in [0.25, 0.3) is 0 Å². The number of carbonyl (C=O) groups excluding carboxylic acids is 2. The molecule has 4 heteroatoms. The minimum Gasteiger partial charge on any atom is -0.469 e. The highest BCUT2D eigenvalue weighted by Gasteiger charge is 2.22. The van der Waals surface area contributed by atoms with Crippen LogP contribution in [0.5, 0.6) is 0 Å². The zero-order chi connectivity index (χ0) is 15.0. The number of amides is 1. The molecular weight excluding hydrogens is 254 g/mol. The first kappa shape index (κ1) is 16.0. The molecule has 0 N–H and O–H groups in total. The first-order valence-electron chi connectivity index (χ1n) is 6.62. The predicted octanol–water partition coefficient (Wildman–Crippen LogP) is 2.72. The van der Waals surface area contributed by atoms with E-state index >= 15 is 0 Å². The second-order valence-corrected chi connectivity index (χ2v) is 4.45. The van der Waals surface area contributed by atoms with Crippen LogP contribution in [0.4, 0.5) is 0 Å². The second-order valence-electron chi connectivity index (χ2n) is 4.45. The Morgan fingerprint density at radius 3 is 2.50 bits per heavy atom. The lowest BCUT2D eigenvalue weighted by Crippen LogP contribution is -2.35. The lowest BCUT2D eigenvalue weighted by atomic mass is 10.1. The Hall–Kier alpha value is -2.10. The van der Waals surface area contributed by atoms with Crippen LogP contribution in [0.15, 0.2) is 42.5 Å². The summed E-state index contributed by atoms with van der Waals surface area (Å²) < 4.78 is 4.56. The molecule has 4 nitrogen and oxygen atoms in total. The van der Waals surface area contributed by atoms with Crippen molar-refractivity contribution in [3.05, 3.63) is 48.0 Å². The molecule has 1 aromatic rings. The monoisotopic (exact) mass is 275 g/mol. The number of rotatable bonds is 6. The van der Waals surface area contributed by atoms with Gasteiger partial charge in [-0.3, -0.25) is 9.59 Å². The SMILES string of the molecule is CC=CCN(C(=O)CC(=O)OC)C(C)c1ccccc1. The standard InChI is InChI=1S/C16H21NO3/c1-4-5-11-17(15(18)12-16(19)20-3)13(2)14-9-7-6-8-10-14/h4-10,13H,11-12H2,1-3H3. The van der Waals surface area contributed by atoms with Gasteiger partial charge in [0.1, 0.15) is 6.42 Å². The average molecular weight is 275 g/mol. The summed E-state index contributed by atoms with van der Waals surface area (Å²) >= 11 is 0. The zero-order valence-electron chi connectivity index (χ0n) is 12.2.